The molecule has 0 N–H and O–H groups in total. The quantitative estimate of drug-likeness (QED) is 0.797. The van der Waals surface area contributed by atoms with E-state index in [4.69, 9.17) is 10.7 Å². The normalized spacial score (nSPS) is 18.2. The maximum atomic E-state index is 11.8. The van der Waals surface area contributed by atoms with Crippen LogP contribution < -0.4 is 0 Å². The van der Waals surface area contributed by atoms with Gasteiger partial charge in [-0.3, -0.25) is 4.40 Å². The van der Waals surface area contributed by atoms with E-state index in [0.717, 1.165) is 18.4 Å². The van der Waals surface area contributed by atoms with Crippen molar-refractivity contribution in [3.63, 3.8) is 0 Å². The molecular formula is C12H13ClN2O2S. The molecule has 0 atom stereocenters. The lowest BCUT2D eigenvalue weighted by molar-refractivity contribution is 0.599. The van der Waals surface area contributed by atoms with Crippen LogP contribution >= 0.6 is 10.7 Å². The van der Waals surface area contributed by atoms with Gasteiger partial charge in [0.1, 0.15) is 5.65 Å². The summed E-state index contributed by atoms with van der Waals surface area (Å²) in [6, 6.07) is 3.71. The monoisotopic (exact) mass is 284 g/mol. The molecule has 0 unspecified atom stereocenters. The van der Waals surface area contributed by atoms with Crippen LogP contribution in [0.3, 0.4) is 0 Å². The van der Waals surface area contributed by atoms with Gasteiger partial charge in [0.05, 0.1) is 5.69 Å². The van der Waals surface area contributed by atoms with Crippen molar-refractivity contribution in [2.45, 2.75) is 37.1 Å². The molecule has 2 aromatic heterocycles. The lowest BCUT2D eigenvalue weighted by Gasteiger charge is -2.06. The second-order valence-corrected chi connectivity index (χ2v) is 7.63. The van der Waals surface area contributed by atoms with Crippen LogP contribution in [0.1, 0.15) is 31.0 Å². The van der Waals surface area contributed by atoms with Crippen molar-refractivity contribution in [1.29, 1.82) is 0 Å². The maximum absolute atomic E-state index is 11.8. The van der Waals surface area contributed by atoms with Crippen molar-refractivity contribution < 1.29 is 8.42 Å². The first-order valence-electron chi connectivity index (χ1n) is 5.76. The van der Waals surface area contributed by atoms with Gasteiger partial charge in [-0.25, -0.2) is 13.4 Å². The lowest BCUT2D eigenvalue weighted by Crippen LogP contribution is -2.08. The van der Waals surface area contributed by atoms with Gasteiger partial charge in [0.25, 0.3) is 9.05 Å². The molecule has 0 aliphatic heterocycles. The number of rotatable bonds is 2. The number of imidazole rings is 1. The number of fused-ring (bicyclic) bond motifs is 1. The SMILES string of the molecule is Cc1cccn2c(S(=O)(=O)Cl)c(C3(C)CC3)nc12. The topological polar surface area (TPSA) is 51.4 Å². The molecule has 3 rings (SSSR count). The molecule has 96 valence electrons. The van der Waals surface area contributed by atoms with E-state index < -0.39 is 9.05 Å². The van der Waals surface area contributed by atoms with Gasteiger partial charge in [-0.15, -0.1) is 0 Å². The first kappa shape index (κ1) is 12.0. The van der Waals surface area contributed by atoms with Crippen molar-refractivity contribution >= 4 is 25.4 Å². The summed E-state index contributed by atoms with van der Waals surface area (Å²) in [6.07, 6.45) is 3.60. The summed E-state index contributed by atoms with van der Waals surface area (Å²) in [5.74, 6) is 0. The van der Waals surface area contributed by atoms with Crippen LogP contribution in [0.2, 0.25) is 0 Å². The van der Waals surface area contributed by atoms with Crippen LogP contribution in [0.4, 0.5) is 0 Å². The summed E-state index contributed by atoms with van der Waals surface area (Å²) < 4.78 is 25.2. The molecular weight excluding hydrogens is 272 g/mol. The van der Waals surface area contributed by atoms with Crippen LogP contribution in [-0.4, -0.2) is 17.8 Å². The van der Waals surface area contributed by atoms with Gasteiger partial charge in [0.15, 0.2) is 5.03 Å². The molecule has 2 aromatic rings. The Morgan fingerprint density at radius 3 is 2.67 bits per heavy atom. The molecule has 0 saturated heterocycles. The Kier molecular flexibility index (Phi) is 2.32. The summed E-state index contributed by atoms with van der Waals surface area (Å²) >= 11 is 0. The number of pyridine rings is 1. The highest BCUT2D eigenvalue weighted by Gasteiger charge is 2.45. The Morgan fingerprint density at radius 2 is 2.11 bits per heavy atom. The number of halogens is 1. The minimum atomic E-state index is -3.80. The Bertz CT molecular complexity index is 745. The smallest absolute Gasteiger partial charge is 0.279 e. The number of aromatic nitrogens is 2. The first-order valence-corrected chi connectivity index (χ1v) is 8.07. The molecule has 0 aromatic carbocycles. The molecule has 1 fully saturated rings. The van der Waals surface area contributed by atoms with E-state index in [1.165, 1.54) is 0 Å². The van der Waals surface area contributed by atoms with E-state index in [0.29, 0.717) is 11.3 Å². The molecule has 0 radical (unpaired) electrons. The van der Waals surface area contributed by atoms with Gasteiger partial charge in [0, 0.05) is 22.3 Å². The number of hydrogen-bond donors (Lipinski definition) is 0. The number of nitrogens with zero attached hydrogens (tertiary/aromatic N) is 2. The summed E-state index contributed by atoms with van der Waals surface area (Å²) in [7, 11) is 1.78. The summed E-state index contributed by atoms with van der Waals surface area (Å²) in [6.45, 7) is 3.93. The molecule has 0 bridgehead atoms. The average Bonchev–Trinajstić information content (AvgIpc) is 2.87. The third-order valence-electron chi connectivity index (χ3n) is 3.60. The van der Waals surface area contributed by atoms with Crippen LogP contribution in [0.25, 0.3) is 5.65 Å². The molecule has 1 aliphatic rings. The highest BCUT2D eigenvalue weighted by Crippen LogP contribution is 2.49. The molecule has 6 heteroatoms. The second-order valence-electron chi connectivity index (χ2n) is 5.15. The van der Waals surface area contributed by atoms with Crippen molar-refractivity contribution in [1.82, 2.24) is 9.38 Å². The molecule has 0 spiro atoms. The minimum absolute atomic E-state index is 0.128. The zero-order chi connectivity index (χ0) is 13.1. The second kappa shape index (κ2) is 3.48. The zero-order valence-electron chi connectivity index (χ0n) is 10.1. The maximum Gasteiger partial charge on any atom is 0.279 e. The predicted octanol–water partition coefficient (Wildman–Crippen LogP) is 2.62. The third-order valence-corrected chi connectivity index (χ3v) is 4.89. The van der Waals surface area contributed by atoms with Gasteiger partial charge < -0.3 is 0 Å². The Labute approximate surface area is 110 Å². The van der Waals surface area contributed by atoms with Crippen LogP contribution in [0, 0.1) is 6.92 Å². The standard InChI is InChI=1S/C12H13ClN2O2S/c1-8-4-3-7-15-10(8)14-9(12(2)5-6-12)11(15)18(13,16)17/h3-4,7H,5-6H2,1-2H3. The fraction of sp³-hybridized carbons (Fsp3) is 0.417. The molecule has 1 aliphatic carbocycles. The molecule has 4 nitrogen and oxygen atoms in total. The highest BCUT2D eigenvalue weighted by molar-refractivity contribution is 8.13. The number of aryl methyl sites for hydroxylation is 1. The third kappa shape index (κ3) is 1.65. The van der Waals surface area contributed by atoms with Crippen molar-refractivity contribution in [3.8, 4) is 0 Å². The lowest BCUT2D eigenvalue weighted by atomic mass is 10.1. The Balaban J connectivity index is 2.46. The summed E-state index contributed by atoms with van der Waals surface area (Å²) in [5.41, 5.74) is 2.07. The zero-order valence-corrected chi connectivity index (χ0v) is 11.7. The van der Waals surface area contributed by atoms with Crippen LogP contribution in [0.15, 0.2) is 23.4 Å². The fourth-order valence-electron chi connectivity index (χ4n) is 2.23. The van der Waals surface area contributed by atoms with E-state index in [1.807, 2.05) is 19.9 Å². The highest BCUT2D eigenvalue weighted by atomic mass is 35.7. The van der Waals surface area contributed by atoms with Crippen molar-refractivity contribution in [2.75, 3.05) is 0 Å². The van der Waals surface area contributed by atoms with E-state index in [2.05, 4.69) is 4.98 Å². The fourth-order valence-corrected chi connectivity index (χ4v) is 3.58. The summed E-state index contributed by atoms with van der Waals surface area (Å²) in [4.78, 5) is 4.51. The minimum Gasteiger partial charge on any atom is -0.289 e. The molecule has 0 amide bonds. The van der Waals surface area contributed by atoms with E-state index in [1.54, 1.807) is 16.7 Å². The molecule has 18 heavy (non-hydrogen) atoms. The van der Waals surface area contributed by atoms with Crippen molar-refractivity contribution in [2.24, 2.45) is 0 Å². The predicted molar refractivity (Wildman–Crippen MR) is 69.6 cm³/mol. The van der Waals surface area contributed by atoms with Gasteiger partial charge >= 0.3 is 0 Å². The summed E-state index contributed by atoms with van der Waals surface area (Å²) in [5, 5.41) is 0.128. The van der Waals surface area contributed by atoms with Gasteiger partial charge in [-0.1, -0.05) is 13.0 Å². The Hall–Kier alpha value is -1.07. The van der Waals surface area contributed by atoms with Crippen LogP contribution in [0.5, 0.6) is 0 Å². The number of hydrogen-bond acceptors (Lipinski definition) is 3. The molecule has 2 heterocycles. The molecule has 1 saturated carbocycles. The van der Waals surface area contributed by atoms with Crippen molar-refractivity contribution in [3.05, 3.63) is 29.6 Å². The van der Waals surface area contributed by atoms with Gasteiger partial charge in [-0.2, -0.15) is 0 Å². The van der Waals surface area contributed by atoms with E-state index >= 15 is 0 Å². The average molecular weight is 285 g/mol. The first-order chi connectivity index (χ1) is 8.33. The van der Waals surface area contributed by atoms with Gasteiger partial charge in [-0.05, 0) is 31.4 Å². The van der Waals surface area contributed by atoms with E-state index in [-0.39, 0.29) is 10.4 Å². The largest absolute Gasteiger partial charge is 0.289 e. The van der Waals surface area contributed by atoms with Gasteiger partial charge in [0.2, 0.25) is 0 Å². The van der Waals surface area contributed by atoms with Crippen LogP contribution in [-0.2, 0) is 14.5 Å². The van der Waals surface area contributed by atoms with E-state index in [9.17, 15) is 8.42 Å². The Morgan fingerprint density at radius 1 is 1.44 bits per heavy atom.